The third-order valence-corrected chi connectivity index (χ3v) is 5.24. The molecule has 0 unspecified atom stereocenters. The van der Waals surface area contributed by atoms with Gasteiger partial charge in [-0.15, -0.1) is 0 Å². The maximum atomic E-state index is 12.7. The molecule has 1 aromatic heterocycles. The van der Waals surface area contributed by atoms with Gasteiger partial charge in [-0.05, 0) is 55.2 Å². The second kappa shape index (κ2) is 9.69. The van der Waals surface area contributed by atoms with E-state index in [0.29, 0.717) is 25.3 Å². The van der Waals surface area contributed by atoms with E-state index in [-0.39, 0.29) is 12.5 Å². The van der Waals surface area contributed by atoms with Crippen molar-refractivity contribution in [2.24, 2.45) is 0 Å². The van der Waals surface area contributed by atoms with Gasteiger partial charge in [0.15, 0.2) is 0 Å². The van der Waals surface area contributed by atoms with Crippen molar-refractivity contribution in [2.75, 3.05) is 32.1 Å². The van der Waals surface area contributed by atoms with Crippen molar-refractivity contribution >= 4 is 22.6 Å². The van der Waals surface area contributed by atoms with Gasteiger partial charge in [-0.3, -0.25) is 9.69 Å². The molecule has 30 heavy (non-hydrogen) atoms. The van der Waals surface area contributed by atoms with Crippen molar-refractivity contribution in [2.45, 2.75) is 27.3 Å². The Morgan fingerprint density at radius 2 is 1.93 bits per heavy atom. The highest BCUT2D eigenvalue weighted by atomic mass is 16.5. The van der Waals surface area contributed by atoms with E-state index < -0.39 is 5.63 Å². The Balaban J connectivity index is 1.81. The number of aryl methyl sites for hydroxylation is 2. The largest absolute Gasteiger partial charge is 0.423 e. The minimum atomic E-state index is -0.394. The van der Waals surface area contributed by atoms with E-state index >= 15 is 0 Å². The van der Waals surface area contributed by atoms with Crippen LogP contribution in [0.25, 0.3) is 11.0 Å². The number of ether oxygens (including phenoxy) is 1. The Morgan fingerprint density at radius 1 is 1.13 bits per heavy atom. The summed E-state index contributed by atoms with van der Waals surface area (Å²) in [6, 6.07) is 13.1. The van der Waals surface area contributed by atoms with E-state index in [1.807, 2.05) is 62.1 Å². The SMILES string of the molecule is COCCN(CC(=O)Nc1cccc(C)c1C)Cc1cc(=O)oc2cc(C)ccc12. The summed E-state index contributed by atoms with van der Waals surface area (Å²) >= 11 is 0. The van der Waals surface area contributed by atoms with Crippen LogP contribution in [0.3, 0.4) is 0 Å². The molecule has 1 amide bonds. The van der Waals surface area contributed by atoms with Crippen LogP contribution in [-0.2, 0) is 16.1 Å². The van der Waals surface area contributed by atoms with Crippen LogP contribution in [0.1, 0.15) is 22.3 Å². The fourth-order valence-corrected chi connectivity index (χ4v) is 3.42. The maximum Gasteiger partial charge on any atom is 0.336 e. The molecule has 0 fully saturated rings. The summed E-state index contributed by atoms with van der Waals surface area (Å²) < 4.78 is 10.6. The minimum absolute atomic E-state index is 0.108. The number of carbonyl (C=O) groups is 1. The molecule has 3 rings (SSSR count). The maximum absolute atomic E-state index is 12.7. The zero-order chi connectivity index (χ0) is 21.7. The molecule has 0 aliphatic heterocycles. The second-order valence-electron chi connectivity index (χ2n) is 7.59. The number of methoxy groups -OCH3 is 1. The fraction of sp³-hybridized carbons (Fsp3) is 0.333. The van der Waals surface area contributed by atoms with Gasteiger partial charge in [-0.2, -0.15) is 0 Å². The number of amides is 1. The van der Waals surface area contributed by atoms with Crippen LogP contribution < -0.4 is 10.9 Å². The number of hydrogen-bond acceptors (Lipinski definition) is 5. The molecule has 1 N–H and O–H groups in total. The lowest BCUT2D eigenvalue weighted by atomic mass is 10.1. The van der Waals surface area contributed by atoms with Crippen molar-refractivity contribution in [1.29, 1.82) is 0 Å². The quantitative estimate of drug-likeness (QED) is 0.574. The molecular formula is C24H28N2O4. The van der Waals surface area contributed by atoms with E-state index in [1.54, 1.807) is 7.11 Å². The van der Waals surface area contributed by atoms with Crippen molar-refractivity contribution in [3.05, 3.63) is 75.1 Å². The van der Waals surface area contributed by atoms with Gasteiger partial charge in [0.25, 0.3) is 0 Å². The molecule has 0 atom stereocenters. The smallest absolute Gasteiger partial charge is 0.336 e. The van der Waals surface area contributed by atoms with Crippen molar-refractivity contribution in [1.82, 2.24) is 4.90 Å². The number of benzene rings is 2. The lowest BCUT2D eigenvalue weighted by molar-refractivity contribution is -0.117. The zero-order valence-corrected chi connectivity index (χ0v) is 18.0. The summed E-state index contributed by atoms with van der Waals surface area (Å²) in [5.41, 5.74) is 5.01. The number of anilines is 1. The number of rotatable bonds is 8. The van der Waals surface area contributed by atoms with Crippen molar-refractivity contribution in [3.63, 3.8) is 0 Å². The van der Waals surface area contributed by atoms with Crippen LogP contribution in [0.2, 0.25) is 0 Å². The van der Waals surface area contributed by atoms with E-state index in [9.17, 15) is 9.59 Å². The van der Waals surface area contributed by atoms with E-state index in [2.05, 4.69) is 5.32 Å². The molecule has 158 valence electrons. The Kier molecular flexibility index (Phi) is 7.03. The molecular weight excluding hydrogens is 380 g/mol. The molecule has 0 bridgehead atoms. The summed E-state index contributed by atoms with van der Waals surface area (Å²) in [7, 11) is 1.63. The molecule has 0 saturated carbocycles. The molecule has 3 aromatic rings. The van der Waals surface area contributed by atoms with Gasteiger partial charge < -0.3 is 14.5 Å². The second-order valence-corrected chi connectivity index (χ2v) is 7.59. The van der Waals surface area contributed by atoms with Crippen LogP contribution in [0.15, 0.2) is 51.7 Å². The summed E-state index contributed by atoms with van der Waals surface area (Å²) in [5, 5.41) is 3.87. The van der Waals surface area contributed by atoms with Gasteiger partial charge in [-0.25, -0.2) is 4.79 Å². The molecule has 0 spiro atoms. The number of fused-ring (bicyclic) bond motifs is 1. The molecule has 2 aromatic carbocycles. The summed E-state index contributed by atoms with van der Waals surface area (Å²) in [6.07, 6.45) is 0. The average Bonchev–Trinajstić information content (AvgIpc) is 2.69. The Morgan fingerprint density at radius 3 is 2.70 bits per heavy atom. The van der Waals surface area contributed by atoms with Crippen LogP contribution in [-0.4, -0.2) is 37.6 Å². The van der Waals surface area contributed by atoms with Gasteiger partial charge in [0.05, 0.1) is 13.2 Å². The first kappa shape index (κ1) is 21.7. The monoisotopic (exact) mass is 408 g/mol. The average molecular weight is 408 g/mol. The first-order valence-electron chi connectivity index (χ1n) is 9.98. The predicted octanol–water partition coefficient (Wildman–Crippen LogP) is 3.81. The van der Waals surface area contributed by atoms with Crippen LogP contribution in [0, 0.1) is 20.8 Å². The van der Waals surface area contributed by atoms with E-state index in [0.717, 1.165) is 33.3 Å². The highest BCUT2D eigenvalue weighted by Crippen LogP contribution is 2.21. The molecule has 0 saturated heterocycles. The van der Waals surface area contributed by atoms with Crippen LogP contribution in [0.4, 0.5) is 5.69 Å². The molecule has 6 nitrogen and oxygen atoms in total. The first-order chi connectivity index (χ1) is 14.4. The fourth-order valence-electron chi connectivity index (χ4n) is 3.42. The Hall–Kier alpha value is -2.96. The predicted molar refractivity (Wildman–Crippen MR) is 119 cm³/mol. The molecule has 0 aliphatic rings. The standard InChI is InChI=1S/C24H28N2O4/c1-16-8-9-20-19(13-24(28)30-22(20)12-16)14-26(10-11-29-4)15-23(27)25-21-7-5-6-17(2)18(21)3/h5-9,12-13H,10-11,14-15H2,1-4H3,(H,25,27). The molecule has 0 aliphatic carbocycles. The Labute approximate surface area is 176 Å². The minimum Gasteiger partial charge on any atom is -0.423 e. The summed E-state index contributed by atoms with van der Waals surface area (Å²) in [5.74, 6) is -0.108. The number of carbonyl (C=O) groups excluding carboxylic acids is 1. The summed E-state index contributed by atoms with van der Waals surface area (Å²) in [4.78, 5) is 26.8. The molecule has 1 heterocycles. The lowest BCUT2D eigenvalue weighted by Crippen LogP contribution is -2.35. The number of nitrogens with one attached hydrogen (secondary N) is 1. The van der Waals surface area contributed by atoms with Crippen LogP contribution in [0.5, 0.6) is 0 Å². The third-order valence-electron chi connectivity index (χ3n) is 5.24. The molecule has 6 heteroatoms. The van der Waals surface area contributed by atoms with Gasteiger partial charge in [-0.1, -0.05) is 24.3 Å². The normalized spacial score (nSPS) is 11.2. The lowest BCUT2D eigenvalue weighted by Gasteiger charge is -2.22. The van der Waals surface area contributed by atoms with Gasteiger partial charge in [0.1, 0.15) is 5.58 Å². The van der Waals surface area contributed by atoms with Crippen molar-refractivity contribution in [3.8, 4) is 0 Å². The van der Waals surface area contributed by atoms with Gasteiger partial charge in [0.2, 0.25) is 5.91 Å². The van der Waals surface area contributed by atoms with Crippen LogP contribution >= 0.6 is 0 Å². The zero-order valence-electron chi connectivity index (χ0n) is 18.0. The third kappa shape index (κ3) is 5.34. The van der Waals surface area contributed by atoms with E-state index in [4.69, 9.17) is 9.15 Å². The Bertz CT molecular complexity index is 1100. The van der Waals surface area contributed by atoms with Crippen molar-refractivity contribution < 1.29 is 13.9 Å². The number of nitrogens with zero attached hydrogens (tertiary/aromatic N) is 1. The number of hydrogen-bond donors (Lipinski definition) is 1. The van der Waals surface area contributed by atoms with Gasteiger partial charge in [0, 0.05) is 37.3 Å². The molecule has 0 radical (unpaired) electrons. The topological polar surface area (TPSA) is 71.8 Å². The highest BCUT2D eigenvalue weighted by Gasteiger charge is 2.15. The van der Waals surface area contributed by atoms with Gasteiger partial charge >= 0.3 is 5.63 Å². The first-order valence-corrected chi connectivity index (χ1v) is 9.98. The summed E-state index contributed by atoms with van der Waals surface area (Å²) in [6.45, 7) is 7.63. The highest BCUT2D eigenvalue weighted by molar-refractivity contribution is 5.93. The van der Waals surface area contributed by atoms with E-state index in [1.165, 1.54) is 6.07 Å².